The van der Waals surface area contributed by atoms with E-state index >= 15 is 0 Å². The highest BCUT2D eigenvalue weighted by molar-refractivity contribution is 5.91. The number of nitrogens with one attached hydrogen (secondary N) is 1. The van der Waals surface area contributed by atoms with Crippen LogP contribution in [-0.4, -0.2) is 84.4 Å². The molecular weight excluding hydrogens is 348 g/mol. The number of rotatable bonds is 11. The summed E-state index contributed by atoms with van der Waals surface area (Å²) in [5.74, 6) is 0.829. The topological polar surface area (TPSA) is 91.1 Å². The molecule has 154 valence electrons. The molecule has 1 saturated heterocycles. The normalized spacial score (nSPS) is 18.4. The maximum absolute atomic E-state index is 12.1. The van der Waals surface area contributed by atoms with Crippen LogP contribution < -0.4 is 5.32 Å². The molecule has 1 aliphatic rings. The van der Waals surface area contributed by atoms with Crippen LogP contribution in [0.2, 0.25) is 0 Å². The molecule has 1 fully saturated rings. The predicted molar refractivity (Wildman–Crippen MR) is 103 cm³/mol. The molecule has 8 nitrogen and oxygen atoms in total. The third kappa shape index (κ3) is 7.57. The summed E-state index contributed by atoms with van der Waals surface area (Å²) in [6.45, 7) is 12.5. The van der Waals surface area contributed by atoms with Crippen molar-refractivity contribution >= 4 is 5.91 Å². The van der Waals surface area contributed by atoms with E-state index in [2.05, 4.69) is 33.9 Å². The summed E-state index contributed by atoms with van der Waals surface area (Å²) in [5, 5.41) is 12.8. The van der Waals surface area contributed by atoms with Gasteiger partial charge in [0.1, 0.15) is 6.26 Å². The van der Waals surface area contributed by atoms with Crippen molar-refractivity contribution in [2.75, 3.05) is 52.5 Å². The summed E-state index contributed by atoms with van der Waals surface area (Å²) in [5.41, 5.74) is 0.339. The maximum Gasteiger partial charge on any atom is 0.273 e. The first-order valence-electron chi connectivity index (χ1n) is 9.94. The van der Waals surface area contributed by atoms with E-state index in [9.17, 15) is 9.90 Å². The second-order valence-electron chi connectivity index (χ2n) is 7.24. The number of carbonyl (C=O) groups excluding carboxylic acids is 1. The molecule has 1 amide bonds. The monoisotopic (exact) mass is 382 g/mol. The lowest BCUT2D eigenvalue weighted by atomic mass is 10.1. The Kier molecular flexibility index (Phi) is 9.20. The summed E-state index contributed by atoms with van der Waals surface area (Å²) in [4.78, 5) is 20.9. The van der Waals surface area contributed by atoms with Gasteiger partial charge in [0.25, 0.3) is 5.91 Å². The second-order valence-corrected chi connectivity index (χ2v) is 7.24. The number of oxazole rings is 1. The van der Waals surface area contributed by atoms with Gasteiger partial charge in [-0.1, -0.05) is 20.3 Å². The summed E-state index contributed by atoms with van der Waals surface area (Å²) in [6.07, 6.45) is 2.01. The van der Waals surface area contributed by atoms with Crippen molar-refractivity contribution < 1.29 is 19.1 Å². The molecule has 8 heteroatoms. The van der Waals surface area contributed by atoms with Crippen molar-refractivity contribution in [1.82, 2.24) is 20.1 Å². The van der Waals surface area contributed by atoms with Gasteiger partial charge in [0.2, 0.25) is 5.89 Å². The molecule has 2 atom stereocenters. The molecule has 0 aliphatic carbocycles. The third-order valence-electron chi connectivity index (χ3n) is 4.90. The van der Waals surface area contributed by atoms with Crippen LogP contribution in [0.3, 0.4) is 0 Å². The van der Waals surface area contributed by atoms with Gasteiger partial charge >= 0.3 is 0 Å². The predicted octanol–water partition coefficient (Wildman–Crippen LogP) is 0.966. The fourth-order valence-corrected chi connectivity index (χ4v) is 2.92. The molecule has 0 aromatic carbocycles. The Bertz CT molecular complexity index is 558. The van der Waals surface area contributed by atoms with E-state index < -0.39 is 6.10 Å². The quantitative estimate of drug-likeness (QED) is 0.589. The van der Waals surface area contributed by atoms with Crippen molar-refractivity contribution in [1.29, 1.82) is 0 Å². The number of aromatic nitrogens is 1. The van der Waals surface area contributed by atoms with Crippen molar-refractivity contribution in [3.05, 3.63) is 17.8 Å². The summed E-state index contributed by atoms with van der Waals surface area (Å²) in [7, 11) is 0. The number of amides is 1. The van der Waals surface area contributed by atoms with E-state index in [0.717, 1.165) is 32.6 Å². The van der Waals surface area contributed by atoms with E-state index in [4.69, 9.17) is 9.15 Å². The number of hydrogen-bond acceptors (Lipinski definition) is 7. The van der Waals surface area contributed by atoms with Gasteiger partial charge < -0.3 is 19.6 Å². The number of piperazine rings is 1. The number of nitrogens with zero attached hydrogens (tertiary/aromatic N) is 3. The number of aliphatic hydroxyl groups excluding tert-OH is 1. The van der Waals surface area contributed by atoms with Gasteiger partial charge in [0.15, 0.2) is 5.69 Å². The van der Waals surface area contributed by atoms with Gasteiger partial charge in [-0.2, -0.15) is 0 Å². The molecule has 2 rings (SSSR count). The minimum atomic E-state index is -0.445. The van der Waals surface area contributed by atoms with E-state index in [1.807, 2.05) is 6.92 Å². The smallest absolute Gasteiger partial charge is 0.273 e. The summed E-state index contributed by atoms with van der Waals surface area (Å²) < 4.78 is 10.7. The lowest BCUT2D eigenvalue weighted by Crippen LogP contribution is -2.48. The Hall–Kier alpha value is -1.48. The maximum atomic E-state index is 12.1. The van der Waals surface area contributed by atoms with Crippen LogP contribution in [0.15, 0.2) is 10.7 Å². The minimum absolute atomic E-state index is 0.182. The van der Waals surface area contributed by atoms with E-state index in [0.29, 0.717) is 50.4 Å². The Balaban J connectivity index is 1.71. The van der Waals surface area contributed by atoms with Crippen LogP contribution in [0.4, 0.5) is 0 Å². The van der Waals surface area contributed by atoms with Crippen LogP contribution in [-0.2, 0) is 11.3 Å². The van der Waals surface area contributed by atoms with Gasteiger partial charge in [-0.3, -0.25) is 14.6 Å². The van der Waals surface area contributed by atoms with Crippen molar-refractivity contribution in [2.24, 2.45) is 5.92 Å². The summed E-state index contributed by atoms with van der Waals surface area (Å²) >= 11 is 0. The molecule has 0 bridgehead atoms. The lowest BCUT2D eigenvalue weighted by molar-refractivity contribution is 0.00949. The van der Waals surface area contributed by atoms with E-state index in [-0.39, 0.29) is 5.91 Å². The number of aliphatic hydroxyl groups is 1. The highest BCUT2D eigenvalue weighted by atomic mass is 16.5. The minimum Gasteiger partial charge on any atom is -0.447 e. The Labute approximate surface area is 161 Å². The highest BCUT2D eigenvalue weighted by Gasteiger charge is 2.21. The fraction of sp³-hybridized carbons (Fsp3) is 0.789. The van der Waals surface area contributed by atoms with Crippen molar-refractivity contribution in [3.63, 3.8) is 0 Å². The lowest BCUT2D eigenvalue weighted by Gasteiger charge is -2.34. The molecule has 0 saturated carbocycles. The number of β-amino-alcohol motifs (C(OH)–C–C–N with tert-alkyl or cyclic N) is 1. The molecule has 0 spiro atoms. The SMILES string of the molecule is CCOC[C@H](O)CN1CCN(Cc2nc(C(=O)NC[C@H](C)CC)co2)CC1. The van der Waals surface area contributed by atoms with E-state index in [1.165, 1.54) is 6.26 Å². The zero-order valence-corrected chi connectivity index (χ0v) is 16.8. The van der Waals surface area contributed by atoms with Crippen LogP contribution >= 0.6 is 0 Å². The van der Waals surface area contributed by atoms with Gasteiger partial charge in [-0.05, 0) is 12.8 Å². The number of ether oxygens (including phenoxy) is 1. The molecule has 0 radical (unpaired) electrons. The molecule has 2 heterocycles. The first kappa shape index (κ1) is 21.8. The van der Waals surface area contributed by atoms with Crippen molar-refractivity contribution in [3.8, 4) is 0 Å². The zero-order valence-electron chi connectivity index (χ0n) is 16.8. The Morgan fingerprint density at radius 3 is 2.70 bits per heavy atom. The van der Waals surface area contributed by atoms with Crippen LogP contribution in [0.5, 0.6) is 0 Å². The largest absolute Gasteiger partial charge is 0.447 e. The van der Waals surface area contributed by atoms with Gasteiger partial charge in [-0.15, -0.1) is 0 Å². The summed E-state index contributed by atoms with van der Waals surface area (Å²) in [6, 6.07) is 0. The molecule has 2 N–H and O–H groups in total. The van der Waals surface area contributed by atoms with Gasteiger partial charge in [0, 0.05) is 45.9 Å². The molecule has 1 aromatic heterocycles. The van der Waals surface area contributed by atoms with E-state index in [1.54, 1.807) is 0 Å². The fourth-order valence-electron chi connectivity index (χ4n) is 2.92. The van der Waals surface area contributed by atoms with Gasteiger partial charge in [-0.25, -0.2) is 4.98 Å². The molecule has 1 aliphatic heterocycles. The van der Waals surface area contributed by atoms with Crippen molar-refractivity contribution in [2.45, 2.75) is 39.8 Å². The van der Waals surface area contributed by atoms with Crippen LogP contribution in [0.25, 0.3) is 0 Å². The third-order valence-corrected chi connectivity index (χ3v) is 4.90. The molecule has 1 aromatic rings. The Morgan fingerprint density at radius 2 is 2.04 bits per heavy atom. The van der Waals surface area contributed by atoms with Crippen LogP contribution in [0.1, 0.15) is 43.6 Å². The average molecular weight is 383 g/mol. The Morgan fingerprint density at radius 1 is 1.33 bits per heavy atom. The molecule has 0 unspecified atom stereocenters. The zero-order chi connectivity index (χ0) is 19.6. The number of carbonyl (C=O) groups is 1. The number of hydrogen-bond donors (Lipinski definition) is 2. The molecular formula is C19H34N4O4. The van der Waals surface area contributed by atoms with Crippen LogP contribution in [0, 0.1) is 5.92 Å². The first-order chi connectivity index (χ1) is 13.0. The first-order valence-corrected chi connectivity index (χ1v) is 9.94. The average Bonchev–Trinajstić information content (AvgIpc) is 3.14. The standard InChI is InChI=1S/C19H34N4O4/c1-4-15(3)10-20-19(25)17-14-27-18(21-17)12-23-8-6-22(7-9-23)11-16(24)13-26-5-2/h14-16,24H,4-13H2,1-3H3,(H,20,25)/t15-,16-/m1/s1. The van der Waals surface area contributed by atoms with Gasteiger partial charge in [0.05, 0.1) is 19.3 Å². The molecule has 27 heavy (non-hydrogen) atoms. The second kappa shape index (κ2) is 11.4. The highest BCUT2D eigenvalue weighted by Crippen LogP contribution is 2.10.